The summed E-state index contributed by atoms with van der Waals surface area (Å²) >= 11 is 0. The van der Waals surface area contributed by atoms with Crippen molar-refractivity contribution in [3.05, 3.63) is 65.9 Å². The second-order valence-corrected chi connectivity index (χ2v) is 8.01. The third kappa shape index (κ3) is 5.28. The molecule has 2 aromatic carbocycles. The summed E-state index contributed by atoms with van der Waals surface area (Å²) in [5.41, 5.74) is 2.81. The van der Waals surface area contributed by atoms with Gasteiger partial charge in [-0.15, -0.1) is 0 Å². The van der Waals surface area contributed by atoms with Gasteiger partial charge in [0, 0.05) is 35.6 Å². The zero-order chi connectivity index (χ0) is 20.1. The highest BCUT2D eigenvalue weighted by Gasteiger charge is 2.18. The molecule has 0 fully saturated rings. The summed E-state index contributed by atoms with van der Waals surface area (Å²) in [6.07, 6.45) is 1.60. The first-order valence-electron chi connectivity index (χ1n) is 9.56. The number of benzene rings is 2. The largest absolute Gasteiger partial charge is 0.489 e. The van der Waals surface area contributed by atoms with E-state index in [-0.39, 0.29) is 5.92 Å². The maximum Gasteiger partial charge on any atom is 0.407 e. The molecule has 0 spiro atoms. The van der Waals surface area contributed by atoms with E-state index in [0.717, 1.165) is 27.8 Å². The predicted molar refractivity (Wildman–Crippen MR) is 112 cm³/mol. The zero-order valence-corrected chi connectivity index (χ0v) is 16.9. The lowest BCUT2D eigenvalue weighted by molar-refractivity contribution is 0.0525. The van der Waals surface area contributed by atoms with Gasteiger partial charge in [-0.2, -0.15) is 0 Å². The number of hydrogen-bond donors (Lipinski definition) is 2. The van der Waals surface area contributed by atoms with Crippen molar-refractivity contribution in [3.63, 3.8) is 0 Å². The van der Waals surface area contributed by atoms with Crippen LogP contribution in [-0.4, -0.2) is 23.2 Å². The molecule has 1 amide bonds. The maximum atomic E-state index is 11.9. The molecule has 5 nitrogen and oxygen atoms in total. The van der Waals surface area contributed by atoms with E-state index >= 15 is 0 Å². The van der Waals surface area contributed by atoms with Gasteiger partial charge in [-0.3, -0.25) is 0 Å². The summed E-state index contributed by atoms with van der Waals surface area (Å²) in [4.78, 5) is 15.2. The summed E-state index contributed by atoms with van der Waals surface area (Å²) in [5.74, 6) is 0.974. The van der Waals surface area contributed by atoms with Gasteiger partial charge in [0.2, 0.25) is 0 Å². The lowest BCUT2D eigenvalue weighted by Gasteiger charge is -2.20. The zero-order valence-electron chi connectivity index (χ0n) is 16.9. The smallest absolute Gasteiger partial charge is 0.407 e. The van der Waals surface area contributed by atoms with E-state index in [2.05, 4.69) is 23.3 Å². The number of ether oxygens (including phenoxy) is 2. The lowest BCUT2D eigenvalue weighted by atomic mass is 10.0. The Morgan fingerprint density at radius 3 is 2.61 bits per heavy atom. The van der Waals surface area contributed by atoms with Gasteiger partial charge in [0.15, 0.2) is 0 Å². The number of carbonyl (C=O) groups excluding carboxylic acids is 1. The number of fused-ring (bicyclic) bond motifs is 1. The SMILES string of the molecule is C[C@H](CNC(=O)OC(C)(C)C)c1c[nH]c2cc(OCc3ccccc3)ccc12. The number of aromatic amines is 1. The van der Waals surface area contributed by atoms with Gasteiger partial charge < -0.3 is 19.8 Å². The van der Waals surface area contributed by atoms with Crippen molar-refractivity contribution in [1.82, 2.24) is 10.3 Å². The molecule has 1 atom stereocenters. The van der Waals surface area contributed by atoms with Crippen molar-refractivity contribution in [2.75, 3.05) is 6.54 Å². The number of hydrogen-bond acceptors (Lipinski definition) is 3. The van der Waals surface area contributed by atoms with Crippen LogP contribution in [0.3, 0.4) is 0 Å². The summed E-state index contributed by atoms with van der Waals surface area (Å²) in [6.45, 7) is 8.69. The van der Waals surface area contributed by atoms with Crippen LogP contribution in [0, 0.1) is 0 Å². The lowest BCUT2D eigenvalue weighted by Crippen LogP contribution is -2.34. The fourth-order valence-electron chi connectivity index (χ4n) is 3.03. The second kappa shape index (κ2) is 8.38. The van der Waals surface area contributed by atoms with Crippen molar-refractivity contribution in [2.24, 2.45) is 0 Å². The standard InChI is InChI=1S/C23H28N2O3/c1-16(13-25-22(26)28-23(2,3)4)20-14-24-21-12-18(10-11-19(20)21)27-15-17-8-6-5-7-9-17/h5-12,14,16,24H,13,15H2,1-4H3,(H,25,26)/t16-/m1/s1. The Balaban J connectivity index is 1.62. The fraction of sp³-hybridized carbons (Fsp3) is 0.348. The van der Waals surface area contributed by atoms with E-state index in [1.165, 1.54) is 0 Å². The van der Waals surface area contributed by atoms with Crippen LogP contribution in [-0.2, 0) is 11.3 Å². The Bertz CT molecular complexity index is 926. The van der Waals surface area contributed by atoms with Crippen LogP contribution in [0.1, 0.15) is 44.7 Å². The Morgan fingerprint density at radius 2 is 1.89 bits per heavy atom. The van der Waals surface area contributed by atoms with E-state index in [0.29, 0.717) is 13.2 Å². The summed E-state index contributed by atoms with van der Waals surface area (Å²) in [5, 5.41) is 3.97. The number of amides is 1. The van der Waals surface area contributed by atoms with E-state index < -0.39 is 11.7 Å². The molecule has 0 radical (unpaired) electrons. The number of nitrogens with one attached hydrogen (secondary N) is 2. The molecule has 2 N–H and O–H groups in total. The van der Waals surface area contributed by atoms with Crippen LogP contribution < -0.4 is 10.1 Å². The number of H-pyrrole nitrogens is 1. The average molecular weight is 380 g/mol. The normalized spacial score (nSPS) is 12.6. The quantitative estimate of drug-likeness (QED) is 0.604. The average Bonchev–Trinajstić information content (AvgIpc) is 3.07. The van der Waals surface area contributed by atoms with Crippen LogP contribution in [0.25, 0.3) is 10.9 Å². The highest BCUT2D eigenvalue weighted by Crippen LogP contribution is 2.28. The number of alkyl carbamates (subject to hydrolysis) is 1. The molecule has 3 rings (SSSR count). The molecular formula is C23H28N2O3. The minimum atomic E-state index is -0.496. The van der Waals surface area contributed by atoms with Gasteiger partial charge in [0.05, 0.1) is 0 Å². The molecule has 0 unspecified atom stereocenters. The van der Waals surface area contributed by atoms with Crippen molar-refractivity contribution in [1.29, 1.82) is 0 Å². The van der Waals surface area contributed by atoms with Crippen molar-refractivity contribution < 1.29 is 14.3 Å². The molecule has 1 heterocycles. The molecule has 3 aromatic rings. The van der Waals surface area contributed by atoms with Gasteiger partial charge >= 0.3 is 6.09 Å². The van der Waals surface area contributed by atoms with Crippen LogP contribution >= 0.6 is 0 Å². The topological polar surface area (TPSA) is 63.3 Å². The first-order valence-corrected chi connectivity index (χ1v) is 9.56. The first kappa shape index (κ1) is 19.8. The molecule has 0 saturated carbocycles. The van der Waals surface area contributed by atoms with Crippen molar-refractivity contribution in [3.8, 4) is 5.75 Å². The minimum Gasteiger partial charge on any atom is -0.489 e. The highest BCUT2D eigenvalue weighted by molar-refractivity contribution is 5.85. The van der Waals surface area contributed by atoms with Gasteiger partial charge in [-0.1, -0.05) is 37.3 Å². The maximum absolute atomic E-state index is 11.9. The molecule has 5 heteroatoms. The molecule has 1 aromatic heterocycles. The van der Waals surface area contributed by atoms with Crippen LogP contribution in [0.2, 0.25) is 0 Å². The Kier molecular flexibility index (Phi) is 5.93. The highest BCUT2D eigenvalue weighted by atomic mass is 16.6. The first-order chi connectivity index (χ1) is 13.3. The summed E-state index contributed by atoms with van der Waals surface area (Å²) in [6, 6.07) is 16.2. The molecule has 0 aliphatic carbocycles. The second-order valence-electron chi connectivity index (χ2n) is 8.01. The van der Waals surface area contributed by atoms with Gasteiger partial charge in [-0.25, -0.2) is 4.79 Å². The molecule has 148 valence electrons. The number of aromatic nitrogens is 1. The number of rotatable bonds is 6. The Labute approximate surface area is 166 Å². The van der Waals surface area contributed by atoms with Gasteiger partial charge in [-0.05, 0) is 44.0 Å². The Morgan fingerprint density at radius 1 is 1.14 bits per heavy atom. The summed E-state index contributed by atoms with van der Waals surface area (Å²) < 4.78 is 11.2. The third-order valence-corrected chi connectivity index (χ3v) is 4.42. The molecule has 0 saturated heterocycles. The molecule has 0 bridgehead atoms. The Hall–Kier alpha value is -2.95. The van der Waals surface area contributed by atoms with Crippen LogP contribution in [0.15, 0.2) is 54.7 Å². The molecule has 28 heavy (non-hydrogen) atoms. The predicted octanol–water partition coefficient (Wildman–Crippen LogP) is 5.38. The van der Waals surface area contributed by atoms with Crippen molar-refractivity contribution in [2.45, 2.75) is 45.8 Å². The van der Waals surface area contributed by atoms with E-state index in [1.54, 1.807) is 0 Å². The van der Waals surface area contributed by atoms with Gasteiger partial charge in [0.1, 0.15) is 18.0 Å². The van der Waals surface area contributed by atoms with Crippen LogP contribution in [0.5, 0.6) is 5.75 Å². The molecule has 0 aliphatic rings. The van der Waals surface area contributed by atoms with Crippen LogP contribution in [0.4, 0.5) is 4.79 Å². The van der Waals surface area contributed by atoms with E-state index in [4.69, 9.17) is 9.47 Å². The van der Waals surface area contributed by atoms with Gasteiger partial charge in [0.25, 0.3) is 0 Å². The monoisotopic (exact) mass is 380 g/mol. The fourth-order valence-corrected chi connectivity index (χ4v) is 3.03. The summed E-state index contributed by atoms with van der Waals surface area (Å²) in [7, 11) is 0. The minimum absolute atomic E-state index is 0.150. The van der Waals surface area contributed by atoms with E-state index in [9.17, 15) is 4.79 Å². The molecule has 0 aliphatic heterocycles. The molecular weight excluding hydrogens is 352 g/mol. The van der Waals surface area contributed by atoms with E-state index in [1.807, 2.05) is 69.4 Å². The third-order valence-electron chi connectivity index (χ3n) is 4.42. The van der Waals surface area contributed by atoms with Crippen molar-refractivity contribution >= 4 is 17.0 Å². The number of carbonyl (C=O) groups is 1.